The zero-order valence-electron chi connectivity index (χ0n) is 16.1. The van der Waals surface area contributed by atoms with E-state index >= 15 is 0 Å². The second kappa shape index (κ2) is 10.1. The fourth-order valence-corrected chi connectivity index (χ4v) is 3.14. The van der Waals surface area contributed by atoms with Gasteiger partial charge in [0.2, 0.25) is 0 Å². The normalized spacial score (nSPS) is 13.9. The Morgan fingerprint density at radius 3 is 2.60 bits per heavy atom. The van der Waals surface area contributed by atoms with Gasteiger partial charge >= 0.3 is 29.6 Å². The van der Waals surface area contributed by atoms with Crippen LogP contribution in [-0.4, -0.2) is 37.3 Å². The molecule has 3 rings (SSSR count). The molecule has 1 aromatic carbocycles. The van der Waals surface area contributed by atoms with Crippen molar-refractivity contribution in [2.45, 2.75) is 25.0 Å². The second-order valence-electron chi connectivity index (χ2n) is 6.25. The topological polar surface area (TPSA) is 106 Å². The molecule has 12 heteroatoms. The Balaban J connectivity index is 0.00000320. The van der Waals surface area contributed by atoms with Gasteiger partial charge in [-0.05, 0) is 6.07 Å². The van der Waals surface area contributed by atoms with Crippen LogP contribution in [0, 0.1) is 17.5 Å². The SMILES string of the molecule is C[C@@H](c1ncncc1F)[C@@](Cn1cncn1)(OCC(=O)[O-])c1ccc(F)cc1F.[Na+]. The molecule has 0 aliphatic rings. The van der Waals surface area contributed by atoms with E-state index in [0.717, 1.165) is 24.7 Å². The minimum Gasteiger partial charge on any atom is -0.548 e. The van der Waals surface area contributed by atoms with Crippen LogP contribution in [0.1, 0.15) is 24.1 Å². The van der Waals surface area contributed by atoms with Gasteiger partial charge in [0.05, 0.1) is 31.0 Å². The number of carboxylic acid groups (broad SMARTS) is 1. The van der Waals surface area contributed by atoms with E-state index in [2.05, 4.69) is 20.1 Å². The minimum absolute atomic E-state index is 0. The van der Waals surface area contributed by atoms with Crippen LogP contribution in [0.15, 0.2) is 43.4 Å². The van der Waals surface area contributed by atoms with E-state index in [0.29, 0.717) is 6.07 Å². The molecule has 30 heavy (non-hydrogen) atoms. The Labute approximate surface area is 191 Å². The van der Waals surface area contributed by atoms with E-state index in [4.69, 9.17) is 4.74 Å². The Morgan fingerprint density at radius 2 is 2.00 bits per heavy atom. The van der Waals surface area contributed by atoms with E-state index in [1.54, 1.807) is 0 Å². The summed E-state index contributed by atoms with van der Waals surface area (Å²) in [4.78, 5) is 22.4. The number of hydrogen-bond donors (Lipinski definition) is 0. The number of carboxylic acids is 1. The van der Waals surface area contributed by atoms with Crippen LogP contribution in [-0.2, 0) is 21.7 Å². The maximum absolute atomic E-state index is 14.8. The molecule has 0 bridgehead atoms. The van der Waals surface area contributed by atoms with Crippen LogP contribution in [0.5, 0.6) is 0 Å². The van der Waals surface area contributed by atoms with Crippen LogP contribution >= 0.6 is 0 Å². The van der Waals surface area contributed by atoms with Crippen molar-refractivity contribution in [2.24, 2.45) is 0 Å². The number of benzene rings is 1. The molecule has 0 aliphatic carbocycles. The molecule has 2 heterocycles. The average molecular weight is 429 g/mol. The van der Waals surface area contributed by atoms with Crippen LogP contribution < -0.4 is 34.7 Å². The molecule has 0 fully saturated rings. The van der Waals surface area contributed by atoms with Gasteiger partial charge in [-0.1, -0.05) is 13.0 Å². The molecule has 0 aliphatic heterocycles. The summed E-state index contributed by atoms with van der Waals surface area (Å²) in [6.07, 6.45) is 4.51. The molecule has 0 radical (unpaired) electrons. The minimum atomic E-state index is -1.85. The zero-order valence-corrected chi connectivity index (χ0v) is 18.1. The first-order valence-corrected chi connectivity index (χ1v) is 8.40. The molecule has 0 unspecified atom stereocenters. The molecule has 3 aromatic rings. The first kappa shape index (κ1) is 23.9. The third-order valence-electron chi connectivity index (χ3n) is 4.50. The van der Waals surface area contributed by atoms with Gasteiger partial charge in [-0.3, -0.25) is 0 Å². The molecule has 0 amide bonds. The Kier molecular flexibility index (Phi) is 8.07. The van der Waals surface area contributed by atoms with Gasteiger partial charge in [-0.2, -0.15) is 5.10 Å². The van der Waals surface area contributed by atoms with E-state index < -0.39 is 41.5 Å². The first-order valence-electron chi connectivity index (χ1n) is 8.40. The molecular weight excluding hydrogens is 414 g/mol. The van der Waals surface area contributed by atoms with Crippen LogP contribution in [0.2, 0.25) is 0 Å². The quantitative estimate of drug-likeness (QED) is 0.380. The number of carbonyl (C=O) groups excluding carboxylic acids is 1. The second-order valence-corrected chi connectivity index (χ2v) is 6.25. The van der Waals surface area contributed by atoms with Gasteiger partial charge in [0.1, 0.15) is 36.2 Å². The van der Waals surface area contributed by atoms with Crippen LogP contribution in [0.4, 0.5) is 13.2 Å². The Bertz CT molecular complexity index is 1010. The number of aromatic nitrogens is 5. The summed E-state index contributed by atoms with van der Waals surface area (Å²) >= 11 is 0. The van der Waals surface area contributed by atoms with Crippen LogP contribution in [0.25, 0.3) is 0 Å². The maximum Gasteiger partial charge on any atom is 1.00 e. The van der Waals surface area contributed by atoms with E-state index in [1.807, 2.05) is 0 Å². The largest absolute Gasteiger partial charge is 1.00 e. The Hall–Kier alpha value is -2.34. The predicted molar refractivity (Wildman–Crippen MR) is 89.4 cm³/mol. The molecule has 2 atom stereocenters. The fourth-order valence-electron chi connectivity index (χ4n) is 3.14. The fraction of sp³-hybridized carbons (Fsp3) is 0.278. The molecule has 0 N–H and O–H groups in total. The summed E-state index contributed by atoms with van der Waals surface area (Å²) in [5.41, 5.74) is -2.20. The van der Waals surface area contributed by atoms with Crippen molar-refractivity contribution in [1.82, 2.24) is 24.7 Å². The van der Waals surface area contributed by atoms with Crippen molar-refractivity contribution in [2.75, 3.05) is 6.61 Å². The molecular formula is C18H15F3N5NaO3. The number of nitrogens with zero attached hydrogens (tertiary/aromatic N) is 5. The number of rotatable bonds is 8. The summed E-state index contributed by atoms with van der Waals surface area (Å²) in [5, 5.41) is 15.1. The van der Waals surface area contributed by atoms with Gasteiger partial charge in [0.15, 0.2) is 5.82 Å². The number of aliphatic carboxylic acids is 1. The third-order valence-corrected chi connectivity index (χ3v) is 4.50. The van der Waals surface area contributed by atoms with Crippen LogP contribution in [0.3, 0.4) is 0 Å². The van der Waals surface area contributed by atoms with E-state index in [1.165, 1.54) is 24.3 Å². The number of ether oxygens (including phenoxy) is 1. The summed E-state index contributed by atoms with van der Waals surface area (Å²) in [5.74, 6) is -5.28. The summed E-state index contributed by atoms with van der Waals surface area (Å²) in [6, 6.07) is 2.71. The van der Waals surface area contributed by atoms with Crippen molar-refractivity contribution in [3.05, 3.63) is 72.1 Å². The number of hydrogen-bond acceptors (Lipinski definition) is 7. The summed E-state index contributed by atoms with van der Waals surface area (Å²) in [7, 11) is 0. The first-order chi connectivity index (χ1) is 13.8. The predicted octanol–water partition coefficient (Wildman–Crippen LogP) is -2.04. The molecule has 152 valence electrons. The zero-order chi connectivity index (χ0) is 21.0. The van der Waals surface area contributed by atoms with Gasteiger partial charge < -0.3 is 14.6 Å². The molecule has 0 saturated carbocycles. The van der Waals surface area contributed by atoms with Crippen molar-refractivity contribution in [1.29, 1.82) is 0 Å². The third kappa shape index (κ3) is 5.04. The van der Waals surface area contributed by atoms with Gasteiger partial charge in [-0.25, -0.2) is 32.8 Å². The monoisotopic (exact) mass is 429 g/mol. The molecule has 8 nitrogen and oxygen atoms in total. The maximum atomic E-state index is 14.8. The van der Waals surface area contributed by atoms with Crippen molar-refractivity contribution < 1.29 is 57.4 Å². The molecule has 0 saturated heterocycles. The smallest absolute Gasteiger partial charge is 0.548 e. The van der Waals surface area contributed by atoms with Gasteiger partial charge in [-0.15, -0.1) is 0 Å². The standard InChI is InChI=1S/C18H16F3N5O3.Na/c1-11(17-15(21)5-22-8-24-17)18(29-6-16(27)28,7-26-10-23-9-25-26)13-3-2-12(19)4-14(13)20;/h2-5,8-11H,6-7H2,1H3,(H,27,28);/q;+1/p-1/t11-,18+;/m0./s1. The number of carbonyl (C=O) groups is 1. The van der Waals surface area contributed by atoms with Gasteiger partial charge in [0.25, 0.3) is 0 Å². The summed E-state index contributed by atoms with van der Waals surface area (Å²) in [6.45, 7) is 0.260. The number of halogens is 3. The van der Waals surface area contributed by atoms with Crippen molar-refractivity contribution in [3.8, 4) is 0 Å². The summed E-state index contributed by atoms with van der Waals surface area (Å²) < 4.78 is 49.6. The van der Waals surface area contributed by atoms with E-state index in [9.17, 15) is 23.1 Å². The van der Waals surface area contributed by atoms with Crippen molar-refractivity contribution >= 4 is 5.97 Å². The molecule has 0 spiro atoms. The average Bonchev–Trinajstić information content (AvgIpc) is 3.18. The molecule has 2 aromatic heterocycles. The Morgan fingerprint density at radius 1 is 1.23 bits per heavy atom. The van der Waals surface area contributed by atoms with Gasteiger partial charge in [0, 0.05) is 17.5 Å². The van der Waals surface area contributed by atoms with E-state index in [-0.39, 0.29) is 47.4 Å². The van der Waals surface area contributed by atoms with Crippen molar-refractivity contribution in [3.63, 3.8) is 0 Å².